The maximum atomic E-state index is 12.9. The summed E-state index contributed by atoms with van der Waals surface area (Å²) in [4.78, 5) is 14.7. The smallest absolute Gasteiger partial charge is 0.248 e. The summed E-state index contributed by atoms with van der Waals surface area (Å²) < 4.78 is 33.0. The molecule has 1 saturated carbocycles. The number of rotatable bonds is 4. The first-order valence-electron chi connectivity index (χ1n) is 9.52. The summed E-state index contributed by atoms with van der Waals surface area (Å²) >= 11 is 0. The molecule has 0 N–H and O–H groups in total. The zero-order chi connectivity index (χ0) is 18.1. The molecule has 0 unspecified atom stereocenters. The molecule has 7 heteroatoms. The minimum absolute atomic E-state index is 0.00391. The van der Waals surface area contributed by atoms with Crippen molar-refractivity contribution in [3.05, 3.63) is 30.3 Å². The zero-order valence-corrected chi connectivity index (χ0v) is 15.7. The molecule has 0 bridgehead atoms. The number of hydrogen-bond donors (Lipinski definition) is 0. The highest BCUT2D eigenvalue weighted by atomic mass is 32.2. The molecule has 1 amide bonds. The second kappa shape index (κ2) is 7.29. The van der Waals surface area contributed by atoms with Gasteiger partial charge in [-0.2, -0.15) is 4.31 Å². The third-order valence-electron chi connectivity index (χ3n) is 5.91. The van der Waals surface area contributed by atoms with Crippen molar-refractivity contribution in [2.24, 2.45) is 5.92 Å². The fourth-order valence-corrected chi connectivity index (χ4v) is 5.95. The fraction of sp³-hybridized carbons (Fsp3) is 0.632. The van der Waals surface area contributed by atoms with Gasteiger partial charge in [0.25, 0.3) is 0 Å². The lowest BCUT2D eigenvalue weighted by atomic mass is 9.88. The monoisotopic (exact) mass is 378 g/mol. The second-order valence-corrected chi connectivity index (χ2v) is 9.54. The van der Waals surface area contributed by atoms with Crippen LogP contribution in [0.3, 0.4) is 0 Å². The first kappa shape index (κ1) is 17.9. The number of benzene rings is 1. The van der Waals surface area contributed by atoms with Crippen LogP contribution in [0.2, 0.25) is 0 Å². The molecule has 26 heavy (non-hydrogen) atoms. The number of hydrogen-bond acceptors (Lipinski definition) is 4. The molecule has 2 heterocycles. The lowest BCUT2D eigenvalue weighted by Crippen LogP contribution is -2.55. The number of sulfonamides is 1. The summed E-state index contributed by atoms with van der Waals surface area (Å²) in [7, 11) is -3.56. The molecule has 0 radical (unpaired) electrons. The maximum absolute atomic E-state index is 12.9. The number of morpholine rings is 1. The Morgan fingerprint density at radius 1 is 1.04 bits per heavy atom. The largest absolute Gasteiger partial charge is 0.365 e. The van der Waals surface area contributed by atoms with Crippen LogP contribution in [-0.2, 0) is 19.6 Å². The Bertz CT molecular complexity index is 746. The van der Waals surface area contributed by atoms with Crippen molar-refractivity contribution in [2.45, 2.75) is 49.1 Å². The van der Waals surface area contributed by atoms with Crippen LogP contribution < -0.4 is 0 Å². The van der Waals surface area contributed by atoms with E-state index in [4.69, 9.17) is 4.74 Å². The molecule has 4 rings (SSSR count). The molecule has 142 valence electrons. The van der Waals surface area contributed by atoms with Gasteiger partial charge in [-0.3, -0.25) is 4.79 Å². The minimum atomic E-state index is -3.56. The summed E-state index contributed by atoms with van der Waals surface area (Å²) in [5.74, 6) is 0.530. The standard InChI is InChI=1S/C19H26N2O4S/c22-19-14-25-18-13-20(26(23,24)16-9-5-2-6-10-16)12-17(18)21(19)11-15-7-3-1-4-8-15/h2,5-6,9-10,15,17-18H,1,3-4,7-8,11-14H2/t17-,18+/m1/s1. The highest BCUT2D eigenvalue weighted by molar-refractivity contribution is 7.89. The molecule has 2 aliphatic heterocycles. The summed E-state index contributed by atoms with van der Waals surface area (Å²) in [6.45, 7) is 1.44. The van der Waals surface area contributed by atoms with Gasteiger partial charge in [-0.15, -0.1) is 0 Å². The van der Waals surface area contributed by atoms with Crippen molar-refractivity contribution < 1.29 is 17.9 Å². The summed E-state index contributed by atoms with van der Waals surface area (Å²) in [6, 6.07) is 8.32. The summed E-state index contributed by atoms with van der Waals surface area (Å²) in [5, 5.41) is 0. The molecule has 0 spiro atoms. The number of fused-ring (bicyclic) bond motifs is 1. The van der Waals surface area contributed by atoms with Crippen molar-refractivity contribution >= 4 is 15.9 Å². The van der Waals surface area contributed by atoms with E-state index in [-0.39, 0.29) is 24.7 Å². The molecule has 1 aromatic carbocycles. The van der Waals surface area contributed by atoms with Crippen LogP contribution >= 0.6 is 0 Å². The van der Waals surface area contributed by atoms with Crippen molar-refractivity contribution in [1.82, 2.24) is 9.21 Å². The maximum Gasteiger partial charge on any atom is 0.248 e. The van der Waals surface area contributed by atoms with Gasteiger partial charge >= 0.3 is 0 Å². The highest BCUT2D eigenvalue weighted by Gasteiger charge is 2.47. The van der Waals surface area contributed by atoms with Crippen LogP contribution in [0.4, 0.5) is 0 Å². The highest BCUT2D eigenvalue weighted by Crippen LogP contribution is 2.31. The van der Waals surface area contributed by atoms with E-state index in [0.717, 1.165) is 19.4 Å². The number of ether oxygens (including phenoxy) is 1. The third-order valence-corrected chi connectivity index (χ3v) is 7.75. The van der Waals surface area contributed by atoms with E-state index in [0.29, 0.717) is 23.9 Å². The Hall–Kier alpha value is -1.44. The first-order chi connectivity index (χ1) is 12.6. The Balaban J connectivity index is 1.51. The normalized spacial score (nSPS) is 28.3. The van der Waals surface area contributed by atoms with E-state index < -0.39 is 10.0 Å². The Labute approximate surface area is 155 Å². The average Bonchev–Trinajstić information content (AvgIpc) is 3.11. The van der Waals surface area contributed by atoms with Crippen LogP contribution in [0.5, 0.6) is 0 Å². The van der Waals surface area contributed by atoms with E-state index in [1.807, 2.05) is 4.90 Å². The predicted molar refractivity (Wildman–Crippen MR) is 97.0 cm³/mol. The van der Waals surface area contributed by atoms with E-state index in [2.05, 4.69) is 0 Å². The number of carbonyl (C=O) groups is 1. The van der Waals surface area contributed by atoms with Gasteiger partial charge in [-0.25, -0.2) is 8.42 Å². The zero-order valence-electron chi connectivity index (χ0n) is 14.9. The van der Waals surface area contributed by atoms with Gasteiger partial charge in [0.15, 0.2) is 0 Å². The van der Waals surface area contributed by atoms with Crippen molar-refractivity contribution in [2.75, 3.05) is 26.2 Å². The van der Waals surface area contributed by atoms with Gasteiger partial charge in [0.2, 0.25) is 15.9 Å². The molecule has 0 aromatic heterocycles. The molecular weight excluding hydrogens is 352 g/mol. The minimum Gasteiger partial charge on any atom is -0.365 e. The lowest BCUT2D eigenvalue weighted by molar-refractivity contribution is -0.154. The van der Waals surface area contributed by atoms with Crippen LogP contribution in [0.1, 0.15) is 32.1 Å². The van der Waals surface area contributed by atoms with Gasteiger partial charge < -0.3 is 9.64 Å². The molecule has 2 atom stereocenters. The number of amides is 1. The SMILES string of the molecule is O=C1CO[C@H]2CN(S(=O)(=O)c3ccccc3)C[C@H]2N1CC1CCCCC1. The van der Waals surface area contributed by atoms with E-state index in [9.17, 15) is 13.2 Å². The van der Waals surface area contributed by atoms with Crippen LogP contribution in [0, 0.1) is 5.92 Å². The van der Waals surface area contributed by atoms with Gasteiger partial charge in [-0.1, -0.05) is 37.5 Å². The summed E-state index contributed by atoms with van der Waals surface area (Å²) in [6.07, 6.45) is 5.83. The second-order valence-electron chi connectivity index (χ2n) is 7.60. The molecule has 3 aliphatic rings. The van der Waals surface area contributed by atoms with Crippen molar-refractivity contribution in [3.8, 4) is 0 Å². The third kappa shape index (κ3) is 3.40. The van der Waals surface area contributed by atoms with Crippen LogP contribution in [-0.4, -0.2) is 61.9 Å². The molecule has 1 aromatic rings. The van der Waals surface area contributed by atoms with Gasteiger partial charge in [0.05, 0.1) is 17.0 Å². The fourth-order valence-electron chi connectivity index (χ4n) is 4.46. The first-order valence-corrected chi connectivity index (χ1v) is 11.0. The van der Waals surface area contributed by atoms with E-state index in [1.165, 1.54) is 23.6 Å². The average molecular weight is 378 g/mol. The Morgan fingerprint density at radius 2 is 1.77 bits per heavy atom. The quantitative estimate of drug-likeness (QED) is 0.802. The van der Waals surface area contributed by atoms with E-state index >= 15 is 0 Å². The predicted octanol–water partition coefficient (Wildman–Crippen LogP) is 1.87. The van der Waals surface area contributed by atoms with Gasteiger partial charge in [-0.05, 0) is 30.9 Å². The Morgan fingerprint density at radius 3 is 2.50 bits per heavy atom. The molecule has 3 fully saturated rings. The number of nitrogens with zero attached hydrogens (tertiary/aromatic N) is 2. The van der Waals surface area contributed by atoms with E-state index in [1.54, 1.807) is 30.3 Å². The molecule has 2 saturated heterocycles. The molecule has 1 aliphatic carbocycles. The van der Waals surface area contributed by atoms with Crippen LogP contribution in [0.25, 0.3) is 0 Å². The number of carbonyl (C=O) groups excluding carboxylic acids is 1. The van der Waals surface area contributed by atoms with Gasteiger partial charge in [0.1, 0.15) is 6.61 Å². The van der Waals surface area contributed by atoms with Crippen LogP contribution in [0.15, 0.2) is 35.2 Å². The molecular formula is C19H26N2O4S. The van der Waals surface area contributed by atoms with Crippen molar-refractivity contribution in [3.63, 3.8) is 0 Å². The Kier molecular flexibility index (Phi) is 5.03. The van der Waals surface area contributed by atoms with Crippen molar-refractivity contribution in [1.29, 1.82) is 0 Å². The summed E-state index contributed by atoms with van der Waals surface area (Å²) in [5.41, 5.74) is 0. The lowest BCUT2D eigenvalue weighted by Gasteiger charge is -2.39. The topological polar surface area (TPSA) is 66.9 Å². The molecule has 6 nitrogen and oxygen atoms in total. The van der Waals surface area contributed by atoms with Gasteiger partial charge in [0, 0.05) is 19.6 Å².